The number of unbranched alkanes of at least 4 members (excludes halogenated alkanes) is 1. The van der Waals surface area contributed by atoms with E-state index in [1.165, 1.54) is 6.08 Å². The molecule has 0 saturated heterocycles. The van der Waals surface area contributed by atoms with Gasteiger partial charge in [-0.15, -0.1) is 6.58 Å². The van der Waals surface area contributed by atoms with Gasteiger partial charge < -0.3 is 5.73 Å². The number of hydrogen-bond acceptors (Lipinski definition) is 3. The number of hydrogen-bond donors (Lipinski definition) is 2. The average molecular weight is 207 g/mol. The van der Waals surface area contributed by atoms with E-state index in [0.717, 1.165) is 6.42 Å². The van der Waals surface area contributed by atoms with Crippen LogP contribution in [-0.2, 0) is 10.1 Å². The maximum atomic E-state index is 10.9. The van der Waals surface area contributed by atoms with Crippen molar-refractivity contribution in [3.05, 3.63) is 12.7 Å². The summed E-state index contributed by atoms with van der Waals surface area (Å²) in [5.41, 5.74) is 5.56. The molecule has 0 rings (SSSR count). The predicted molar refractivity (Wildman–Crippen MR) is 52.8 cm³/mol. The second-order valence-electron chi connectivity index (χ2n) is 3.14. The normalized spacial score (nSPS) is 16.5. The van der Waals surface area contributed by atoms with E-state index < -0.39 is 15.0 Å². The molecule has 0 spiro atoms. The van der Waals surface area contributed by atoms with Crippen LogP contribution in [-0.4, -0.2) is 17.8 Å². The summed E-state index contributed by atoms with van der Waals surface area (Å²) in [6.07, 6.45) is 3.25. The molecule has 3 N–H and O–H groups in total. The van der Waals surface area contributed by atoms with Crippen LogP contribution in [0.1, 0.15) is 32.6 Å². The third-order valence-electron chi connectivity index (χ3n) is 1.96. The molecule has 0 aromatic heterocycles. The van der Waals surface area contributed by atoms with Crippen LogP contribution in [0.15, 0.2) is 12.7 Å². The summed E-state index contributed by atoms with van der Waals surface area (Å²) in [7, 11) is -4.19. The van der Waals surface area contributed by atoms with Gasteiger partial charge in [0.05, 0.1) is 0 Å². The van der Waals surface area contributed by atoms with Crippen LogP contribution in [0.2, 0.25) is 0 Å². The lowest BCUT2D eigenvalue weighted by molar-refractivity contribution is 0.404. The smallest absolute Gasteiger partial charge is 0.284 e. The molecule has 0 aromatic rings. The Balaban J connectivity index is 4.63. The van der Waals surface area contributed by atoms with Gasteiger partial charge in [-0.2, -0.15) is 8.42 Å². The van der Waals surface area contributed by atoms with Crippen molar-refractivity contribution in [2.75, 3.05) is 0 Å². The maximum absolute atomic E-state index is 10.9. The van der Waals surface area contributed by atoms with Gasteiger partial charge in [-0.25, -0.2) is 0 Å². The first-order valence-corrected chi connectivity index (χ1v) is 5.68. The van der Waals surface area contributed by atoms with E-state index in [1.54, 1.807) is 0 Å². The van der Waals surface area contributed by atoms with E-state index in [9.17, 15) is 8.42 Å². The summed E-state index contributed by atoms with van der Waals surface area (Å²) in [4.78, 5) is -1.55. The Bertz CT molecular complexity index is 261. The van der Waals surface area contributed by atoms with Gasteiger partial charge in [-0.1, -0.05) is 25.8 Å². The lowest BCUT2D eigenvalue weighted by atomic mass is 10.1. The Hall–Kier alpha value is -0.390. The van der Waals surface area contributed by atoms with E-state index in [1.807, 2.05) is 6.92 Å². The fraction of sp³-hybridized carbons (Fsp3) is 0.750. The zero-order chi connectivity index (χ0) is 10.5. The van der Waals surface area contributed by atoms with Crippen LogP contribution in [0.5, 0.6) is 0 Å². The molecule has 0 aliphatic carbocycles. The van der Waals surface area contributed by atoms with Gasteiger partial charge in [0, 0.05) is 0 Å². The molecule has 1 atom stereocenters. The second kappa shape index (κ2) is 4.74. The second-order valence-corrected chi connectivity index (χ2v) is 4.90. The molecule has 0 saturated carbocycles. The van der Waals surface area contributed by atoms with Gasteiger partial charge in [0.2, 0.25) is 0 Å². The molecule has 5 heteroatoms. The molecular formula is C8H17NO3S. The topological polar surface area (TPSA) is 80.4 Å². The van der Waals surface area contributed by atoms with Crippen molar-refractivity contribution in [3.8, 4) is 0 Å². The van der Waals surface area contributed by atoms with E-state index in [4.69, 9.17) is 10.3 Å². The monoisotopic (exact) mass is 207 g/mol. The van der Waals surface area contributed by atoms with Crippen LogP contribution in [0.4, 0.5) is 0 Å². The summed E-state index contributed by atoms with van der Waals surface area (Å²) >= 11 is 0. The van der Waals surface area contributed by atoms with Gasteiger partial charge in [-0.3, -0.25) is 4.55 Å². The maximum Gasteiger partial charge on any atom is 0.284 e. The van der Waals surface area contributed by atoms with Crippen molar-refractivity contribution < 1.29 is 13.0 Å². The molecule has 0 aliphatic rings. The highest BCUT2D eigenvalue weighted by Crippen LogP contribution is 2.21. The van der Waals surface area contributed by atoms with Crippen molar-refractivity contribution in [2.45, 2.75) is 37.5 Å². The third kappa shape index (κ3) is 3.46. The molecular weight excluding hydrogens is 190 g/mol. The van der Waals surface area contributed by atoms with Crippen LogP contribution in [0.3, 0.4) is 0 Å². The summed E-state index contributed by atoms with van der Waals surface area (Å²) in [6, 6.07) is 0. The molecule has 1 unspecified atom stereocenters. The quantitative estimate of drug-likeness (QED) is 0.508. The van der Waals surface area contributed by atoms with Crippen molar-refractivity contribution >= 4 is 10.1 Å². The van der Waals surface area contributed by atoms with Gasteiger partial charge in [0.1, 0.15) is 4.87 Å². The Morgan fingerprint density at radius 1 is 1.62 bits per heavy atom. The van der Waals surface area contributed by atoms with E-state index in [2.05, 4.69) is 6.58 Å². The van der Waals surface area contributed by atoms with Crippen molar-refractivity contribution in [1.82, 2.24) is 0 Å². The lowest BCUT2D eigenvalue weighted by Gasteiger charge is -2.24. The van der Waals surface area contributed by atoms with Crippen molar-refractivity contribution in [3.63, 3.8) is 0 Å². The summed E-state index contributed by atoms with van der Waals surface area (Å²) in [6.45, 7) is 5.34. The molecule has 0 aliphatic heterocycles. The Morgan fingerprint density at radius 2 is 2.15 bits per heavy atom. The molecule has 4 nitrogen and oxygen atoms in total. The lowest BCUT2D eigenvalue weighted by Crippen LogP contribution is -2.47. The van der Waals surface area contributed by atoms with Gasteiger partial charge in [0.25, 0.3) is 10.1 Å². The van der Waals surface area contributed by atoms with E-state index in [0.29, 0.717) is 6.42 Å². The minimum Gasteiger partial charge on any atom is -0.310 e. The van der Waals surface area contributed by atoms with Gasteiger partial charge >= 0.3 is 0 Å². The zero-order valence-corrected chi connectivity index (χ0v) is 8.68. The molecule has 13 heavy (non-hydrogen) atoms. The van der Waals surface area contributed by atoms with Crippen molar-refractivity contribution in [1.29, 1.82) is 0 Å². The molecule has 78 valence electrons. The minimum absolute atomic E-state index is 0.0752. The number of nitrogens with two attached hydrogens (primary N) is 1. The van der Waals surface area contributed by atoms with Crippen LogP contribution in [0.25, 0.3) is 0 Å². The van der Waals surface area contributed by atoms with Crippen LogP contribution in [0, 0.1) is 0 Å². The largest absolute Gasteiger partial charge is 0.310 e. The predicted octanol–water partition coefficient (Wildman–Crippen LogP) is 1.30. The van der Waals surface area contributed by atoms with Gasteiger partial charge in [0.15, 0.2) is 0 Å². The Labute approximate surface area is 79.6 Å². The summed E-state index contributed by atoms with van der Waals surface area (Å²) in [5, 5.41) is 0. The summed E-state index contributed by atoms with van der Waals surface area (Å²) in [5.74, 6) is 0. The molecule has 0 amide bonds. The fourth-order valence-electron chi connectivity index (χ4n) is 1.06. The van der Waals surface area contributed by atoms with E-state index in [-0.39, 0.29) is 12.8 Å². The summed E-state index contributed by atoms with van der Waals surface area (Å²) < 4.78 is 30.8. The molecule has 0 bridgehead atoms. The molecule has 0 radical (unpaired) electrons. The molecule has 0 aromatic carbocycles. The minimum atomic E-state index is -4.19. The molecule has 0 fully saturated rings. The van der Waals surface area contributed by atoms with Gasteiger partial charge in [-0.05, 0) is 12.8 Å². The first-order chi connectivity index (χ1) is 5.87. The van der Waals surface area contributed by atoms with Crippen molar-refractivity contribution in [2.24, 2.45) is 5.73 Å². The average Bonchev–Trinajstić information content (AvgIpc) is 1.99. The Kier molecular flexibility index (Phi) is 4.60. The first kappa shape index (κ1) is 12.6. The standard InChI is InChI=1S/C8H17NO3S/c1-3-5-7-8(9,6-4-2)13(10,11)12/h4H,2-3,5-7,9H2,1H3,(H,10,11,12). The van der Waals surface area contributed by atoms with Crippen LogP contribution >= 0.6 is 0 Å². The SMILES string of the molecule is C=CCC(N)(CCCC)S(=O)(=O)O. The number of rotatable bonds is 6. The fourth-order valence-corrected chi connectivity index (χ4v) is 1.79. The zero-order valence-electron chi connectivity index (χ0n) is 7.86. The van der Waals surface area contributed by atoms with E-state index >= 15 is 0 Å². The first-order valence-electron chi connectivity index (χ1n) is 4.24. The highest BCUT2D eigenvalue weighted by molar-refractivity contribution is 7.87. The Morgan fingerprint density at radius 3 is 2.46 bits per heavy atom. The third-order valence-corrected chi connectivity index (χ3v) is 3.36. The highest BCUT2D eigenvalue weighted by atomic mass is 32.2. The highest BCUT2D eigenvalue weighted by Gasteiger charge is 2.36. The molecule has 0 heterocycles. The van der Waals surface area contributed by atoms with Crippen LogP contribution < -0.4 is 5.73 Å².